The second-order valence-electron chi connectivity index (χ2n) is 6.02. The van der Waals surface area contributed by atoms with Gasteiger partial charge in [0.25, 0.3) is 0 Å². The minimum atomic E-state index is -0.909. The van der Waals surface area contributed by atoms with E-state index in [1.807, 2.05) is 30.3 Å². The first-order chi connectivity index (χ1) is 12.1. The van der Waals surface area contributed by atoms with Crippen LogP contribution >= 0.6 is 0 Å². The summed E-state index contributed by atoms with van der Waals surface area (Å²) in [7, 11) is 1.76. The number of hydrogen-bond donors (Lipinski definition) is 1. The van der Waals surface area contributed by atoms with Gasteiger partial charge in [0.1, 0.15) is 6.04 Å². The van der Waals surface area contributed by atoms with E-state index in [1.54, 1.807) is 21.5 Å². The summed E-state index contributed by atoms with van der Waals surface area (Å²) in [4.78, 5) is 27.1. The van der Waals surface area contributed by atoms with E-state index in [-0.39, 0.29) is 18.9 Å². The average molecular weight is 344 g/mol. The number of carbonyl (C=O) groups excluding carboxylic acids is 1. The number of benzene rings is 1. The fourth-order valence-corrected chi connectivity index (χ4v) is 2.88. The van der Waals surface area contributed by atoms with Gasteiger partial charge >= 0.3 is 5.97 Å². The fraction of sp³-hybridized carbons (Fsp3) is 0.438. The molecule has 1 fully saturated rings. The van der Waals surface area contributed by atoms with Crippen molar-refractivity contribution >= 4 is 11.9 Å². The molecule has 0 radical (unpaired) electrons. The number of carbonyl (C=O) groups is 2. The number of aliphatic carboxylic acids is 1. The Morgan fingerprint density at radius 3 is 2.72 bits per heavy atom. The van der Waals surface area contributed by atoms with E-state index in [4.69, 9.17) is 0 Å². The van der Waals surface area contributed by atoms with E-state index < -0.39 is 12.0 Å². The van der Waals surface area contributed by atoms with Gasteiger partial charge < -0.3 is 10.0 Å². The first-order valence-corrected chi connectivity index (χ1v) is 8.10. The maximum atomic E-state index is 12.5. The number of carboxylic acid groups (broad SMARTS) is 1. The van der Waals surface area contributed by atoms with Crippen molar-refractivity contribution in [2.75, 3.05) is 26.7 Å². The summed E-state index contributed by atoms with van der Waals surface area (Å²) in [5, 5.41) is 20.9. The molecule has 132 valence electrons. The van der Waals surface area contributed by atoms with Gasteiger partial charge in [-0.15, -0.1) is 5.10 Å². The Morgan fingerprint density at radius 1 is 1.24 bits per heavy atom. The lowest BCUT2D eigenvalue weighted by atomic mass is 10.1. The van der Waals surface area contributed by atoms with E-state index in [9.17, 15) is 14.7 Å². The molecule has 0 saturated carbocycles. The van der Waals surface area contributed by atoms with Gasteiger partial charge in [0.15, 0.2) is 5.82 Å². The third-order valence-corrected chi connectivity index (χ3v) is 4.38. The molecular weight excluding hydrogens is 324 g/mol. The second-order valence-corrected chi connectivity index (χ2v) is 6.02. The molecular formula is C16H20N6O3. The molecule has 3 rings (SSSR count). The summed E-state index contributed by atoms with van der Waals surface area (Å²) < 4.78 is 1.61. The van der Waals surface area contributed by atoms with Crippen molar-refractivity contribution < 1.29 is 14.7 Å². The zero-order valence-electron chi connectivity index (χ0n) is 13.9. The zero-order chi connectivity index (χ0) is 17.8. The molecule has 1 N–H and O–H groups in total. The quantitative estimate of drug-likeness (QED) is 0.802. The Labute approximate surface area is 144 Å². The van der Waals surface area contributed by atoms with Crippen LogP contribution in [0.3, 0.4) is 0 Å². The fourth-order valence-electron chi connectivity index (χ4n) is 2.88. The van der Waals surface area contributed by atoms with Crippen LogP contribution in [0.4, 0.5) is 0 Å². The second kappa shape index (κ2) is 7.39. The van der Waals surface area contributed by atoms with Crippen molar-refractivity contribution in [2.24, 2.45) is 0 Å². The number of aromatic nitrogens is 4. The minimum Gasteiger partial charge on any atom is -0.480 e. The molecule has 25 heavy (non-hydrogen) atoms. The highest BCUT2D eigenvalue weighted by molar-refractivity contribution is 5.79. The Balaban J connectivity index is 1.62. The molecule has 1 aromatic heterocycles. The van der Waals surface area contributed by atoms with Gasteiger partial charge in [-0.3, -0.25) is 14.5 Å². The number of nitrogens with zero attached hydrogens (tertiary/aromatic N) is 6. The largest absolute Gasteiger partial charge is 0.480 e. The van der Waals surface area contributed by atoms with Crippen LogP contribution < -0.4 is 0 Å². The van der Waals surface area contributed by atoms with Crippen molar-refractivity contribution in [1.82, 2.24) is 30.0 Å². The van der Waals surface area contributed by atoms with Crippen molar-refractivity contribution in [2.45, 2.75) is 18.9 Å². The highest BCUT2D eigenvalue weighted by Crippen LogP contribution is 2.12. The van der Waals surface area contributed by atoms with Crippen molar-refractivity contribution in [3.05, 3.63) is 36.2 Å². The van der Waals surface area contributed by atoms with Gasteiger partial charge in [-0.1, -0.05) is 18.2 Å². The number of para-hydroxylation sites is 1. The van der Waals surface area contributed by atoms with Crippen LogP contribution in [-0.2, 0) is 16.0 Å². The molecule has 1 aliphatic heterocycles. The van der Waals surface area contributed by atoms with Crippen molar-refractivity contribution in [1.29, 1.82) is 0 Å². The number of tetrazole rings is 1. The normalized spacial score (nSPS) is 18.3. The van der Waals surface area contributed by atoms with E-state index in [1.165, 1.54) is 0 Å². The Kier molecular flexibility index (Phi) is 5.03. The Hall–Kier alpha value is -2.81. The first-order valence-electron chi connectivity index (χ1n) is 8.10. The van der Waals surface area contributed by atoms with Crippen LogP contribution in [0.1, 0.15) is 12.2 Å². The number of amides is 1. The SMILES string of the molecule is CN1CCN(C(=O)CCc2nnnn2-c2ccccc2)CC1C(=O)O. The number of hydrogen-bond acceptors (Lipinski definition) is 6. The monoisotopic (exact) mass is 344 g/mol. The van der Waals surface area contributed by atoms with Gasteiger partial charge in [-0.2, -0.15) is 4.68 Å². The number of aryl methyl sites for hydroxylation is 1. The summed E-state index contributed by atoms with van der Waals surface area (Å²) >= 11 is 0. The number of piperazine rings is 1. The lowest BCUT2D eigenvalue weighted by Gasteiger charge is -2.37. The summed E-state index contributed by atoms with van der Waals surface area (Å²) in [6.45, 7) is 1.28. The van der Waals surface area contributed by atoms with Crippen LogP contribution in [0.2, 0.25) is 0 Å². The topological polar surface area (TPSA) is 104 Å². The molecule has 0 bridgehead atoms. The smallest absolute Gasteiger partial charge is 0.322 e. The standard InChI is InChI=1S/C16H20N6O3/c1-20-9-10-21(11-13(20)16(24)25)15(23)8-7-14-17-18-19-22(14)12-5-3-2-4-6-12/h2-6,13H,7-11H2,1H3,(H,24,25). The number of carboxylic acids is 1. The van der Waals surface area contributed by atoms with E-state index in [2.05, 4.69) is 15.5 Å². The molecule has 1 amide bonds. The van der Waals surface area contributed by atoms with Crippen molar-refractivity contribution in [3.8, 4) is 5.69 Å². The summed E-state index contributed by atoms with van der Waals surface area (Å²) in [5.41, 5.74) is 0.834. The maximum Gasteiger partial charge on any atom is 0.322 e. The van der Waals surface area contributed by atoms with Gasteiger partial charge in [0.2, 0.25) is 5.91 Å². The zero-order valence-corrected chi connectivity index (χ0v) is 13.9. The molecule has 9 heteroatoms. The molecule has 9 nitrogen and oxygen atoms in total. The molecule has 1 atom stereocenters. The van der Waals surface area contributed by atoms with E-state index in [0.717, 1.165) is 5.69 Å². The first kappa shape index (κ1) is 17.0. The van der Waals surface area contributed by atoms with E-state index >= 15 is 0 Å². The van der Waals surface area contributed by atoms with Crippen molar-refractivity contribution in [3.63, 3.8) is 0 Å². The van der Waals surface area contributed by atoms with Gasteiger partial charge in [0, 0.05) is 32.5 Å². The maximum absolute atomic E-state index is 12.5. The highest BCUT2D eigenvalue weighted by atomic mass is 16.4. The van der Waals surface area contributed by atoms with Crippen LogP contribution in [0.25, 0.3) is 5.69 Å². The van der Waals surface area contributed by atoms with Crippen LogP contribution in [0.15, 0.2) is 30.3 Å². The van der Waals surface area contributed by atoms with Crippen LogP contribution in [-0.4, -0.2) is 79.7 Å². The Bertz CT molecular complexity index is 747. The third kappa shape index (κ3) is 3.82. The number of likely N-dealkylation sites (N-methyl/N-ethyl adjacent to an activating group) is 1. The molecule has 1 unspecified atom stereocenters. The molecule has 0 aliphatic carbocycles. The van der Waals surface area contributed by atoms with E-state index in [0.29, 0.717) is 25.3 Å². The molecule has 2 heterocycles. The lowest BCUT2D eigenvalue weighted by molar-refractivity contribution is -0.147. The molecule has 1 saturated heterocycles. The average Bonchev–Trinajstić information content (AvgIpc) is 3.09. The highest BCUT2D eigenvalue weighted by Gasteiger charge is 2.31. The molecule has 0 spiro atoms. The van der Waals surface area contributed by atoms with Gasteiger partial charge in [-0.05, 0) is 29.6 Å². The lowest BCUT2D eigenvalue weighted by Crippen LogP contribution is -2.56. The summed E-state index contributed by atoms with van der Waals surface area (Å²) in [5.74, 6) is -0.390. The number of rotatable bonds is 5. The molecule has 1 aliphatic rings. The Morgan fingerprint density at radius 2 is 2.00 bits per heavy atom. The van der Waals surface area contributed by atoms with Crippen LogP contribution in [0, 0.1) is 0 Å². The summed E-state index contributed by atoms with van der Waals surface area (Å²) in [6.07, 6.45) is 0.633. The van der Waals surface area contributed by atoms with Gasteiger partial charge in [0.05, 0.1) is 5.69 Å². The van der Waals surface area contributed by atoms with Gasteiger partial charge in [-0.25, -0.2) is 0 Å². The third-order valence-electron chi connectivity index (χ3n) is 4.38. The predicted octanol–water partition coefficient (Wildman–Crippen LogP) is -0.178. The predicted molar refractivity (Wildman–Crippen MR) is 88.1 cm³/mol. The molecule has 2 aromatic rings. The molecule has 1 aromatic carbocycles. The minimum absolute atomic E-state index is 0.0815. The van der Waals surface area contributed by atoms with Crippen LogP contribution in [0.5, 0.6) is 0 Å². The summed E-state index contributed by atoms with van der Waals surface area (Å²) in [6, 6.07) is 8.81.